The smallest absolute Gasteiger partial charge is 0.241 e. The summed E-state index contributed by atoms with van der Waals surface area (Å²) in [6, 6.07) is 13.4. The maximum absolute atomic E-state index is 11.9. The molecule has 0 saturated carbocycles. The molecular weight excluding hydrogens is 224 g/mol. The Bertz CT molecular complexity index is 546. The van der Waals surface area contributed by atoms with E-state index >= 15 is 0 Å². The van der Waals surface area contributed by atoms with E-state index in [1.807, 2.05) is 49.4 Å². The first-order valence-corrected chi connectivity index (χ1v) is 6.26. The van der Waals surface area contributed by atoms with Crippen LogP contribution in [0.25, 0.3) is 10.8 Å². The molecule has 0 aromatic heterocycles. The van der Waals surface area contributed by atoms with E-state index in [0.29, 0.717) is 6.42 Å². The summed E-state index contributed by atoms with van der Waals surface area (Å²) >= 11 is 0. The van der Waals surface area contributed by atoms with Crippen LogP contribution in [0.4, 0.5) is 5.69 Å². The lowest BCUT2D eigenvalue weighted by Gasteiger charge is -2.12. The third-order valence-corrected chi connectivity index (χ3v) is 2.98. The number of carbonyl (C=O) groups is 1. The van der Waals surface area contributed by atoms with Crippen molar-refractivity contribution in [3.8, 4) is 0 Å². The van der Waals surface area contributed by atoms with Crippen LogP contribution >= 0.6 is 0 Å². The first-order chi connectivity index (χ1) is 8.72. The van der Waals surface area contributed by atoms with E-state index < -0.39 is 6.04 Å². The van der Waals surface area contributed by atoms with Crippen molar-refractivity contribution in [1.29, 1.82) is 0 Å². The highest BCUT2D eigenvalue weighted by Gasteiger charge is 2.13. The molecule has 2 aromatic carbocycles. The lowest BCUT2D eigenvalue weighted by molar-refractivity contribution is -0.117. The summed E-state index contributed by atoms with van der Waals surface area (Å²) in [4.78, 5) is 11.9. The van der Waals surface area contributed by atoms with Crippen LogP contribution in [-0.4, -0.2) is 11.9 Å². The van der Waals surface area contributed by atoms with Gasteiger partial charge in [0.15, 0.2) is 0 Å². The standard InChI is InChI=1S/C15H18N2O/c1-2-6-13(16)15(18)17-14-10-5-8-11-7-3-4-9-12(11)14/h3-5,7-10,13H,2,6,16H2,1H3,(H,17,18). The molecular formula is C15H18N2O. The molecule has 1 atom stereocenters. The van der Waals surface area contributed by atoms with Crippen molar-refractivity contribution in [1.82, 2.24) is 0 Å². The number of benzene rings is 2. The summed E-state index contributed by atoms with van der Waals surface area (Å²) in [5, 5.41) is 5.06. The predicted molar refractivity (Wildman–Crippen MR) is 75.5 cm³/mol. The van der Waals surface area contributed by atoms with Crippen LogP contribution in [0.5, 0.6) is 0 Å². The van der Waals surface area contributed by atoms with Crippen LogP contribution in [0.15, 0.2) is 42.5 Å². The van der Waals surface area contributed by atoms with Crippen molar-refractivity contribution in [3.63, 3.8) is 0 Å². The van der Waals surface area contributed by atoms with Gasteiger partial charge in [-0.15, -0.1) is 0 Å². The molecule has 1 unspecified atom stereocenters. The monoisotopic (exact) mass is 242 g/mol. The number of rotatable bonds is 4. The third kappa shape index (κ3) is 2.68. The molecule has 3 N–H and O–H groups in total. The van der Waals surface area contributed by atoms with E-state index in [0.717, 1.165) is 22.9 Å². The molecule has 0 saturated heterocycles. The molecule has 2 aromatic rings. The Kier molecular flexibility index (Phi) is 3.95. The Balaban J connectivity index is 2.24. The fraction of sp³-hybridized carbons (Fsp3) is 0.267. The molecule has 0 aliphatic heterocycles. The first kappa shape index (κ1) is 12.6. The normalized spacial score (nSPS) is 12.3. The number of carbonyl (C=O) groups excluding carboxylic acids is 1. The van der Waals surface area contributed by atoms with Gasteiger partial charge in [-0.05, 0) is 17.9 Å². The van der Waals surface area contributed by atoms with E-state index in [-0.39, 0.29) is 5.91 Å². The van der Waals surface area contributed by atoms with Crippen LogP contribution in [0.3, 0.4) is 0 Å². The topological polar surface area (TPSA) is 55.1 Å². The second kappa shape index (κ2) is 5.65. The minimum Gasteiger partial charge on any atom is -0.324 e. The summed E-state index contributed by atoms with van der Waals surface area (Å²) < 4.78 is 0. The van der Waals surface area contributed by atoms with Gasteiger partial charge in [-0.25, -0.2) is 0 Å². The minimum absolute atomic E-state index is 0.117. The summed E-state index contributed by atoms with van der Waals surface area (Å²) in [6.45, 7) is 2.02. The van der Waals surface area contributed by atoms with Gasteiger partial charge >= 0.3 is 0 Å². The maximum Gasteiger partial charge on any atom is 0.241 e. The Morgan fingerprint density at radius 1 is 1.22 bits per heavy atom. The highest BCUT2D eigenvalue weighted by Crippen LogP contribution is 2.23. The Labute approximate surface area is 107 Å². The van der Waals surface area contributed by atoms with Gasteiger partial charge in [-0.2, -0.15) is 0 Å². The molecule has 2 rings (SSSR count). The van der Waals surface area contributed by atoms with Crippen LogP contribution < -0.4 is 11.1 Å². The lowest BCUT2D eigenvalue weighted by Crippen LogP contribution is -2.35. The van der Waals surface area contributed by atoms with Crippen molar-refractivity contribution >= 4 is 22.4 Å². The molecule has 18 heavy (non-hydrogen) atoms. The van der Waals surface area contributed by atoms with Gasteiger partial charge in [0, 0.05) is 11.1 Å². The van der Waals surface area contributed by atoms with Crippen molar-refractivity contribution in [2.75, 3.05) is 5.32 Å². The number of fused-ring (bicyclic) bond motifs is 1. The van der Waals surface area contributed by atoms with Gasteiger partial charge in [0.2, 0.25) is 5.91 Å². The molecule has 0 heterocycles. The highest BCUT2D eigenvalue weighted by atomic mass is 16.2. The van der Waals surface area contributed by atoms with E-state index in [2.05, 4.69) is 5.32 Å². The van der Waals surface area contributed by atoms with Crippen molar-refractivity contribution < 1.29 is 4.79 Å². The lowest BCUT2D eigenvalue weighted by atomic mass is 10.1. The highest BCUT2D eigenvalue weighted by molar-refractivity contribution is 6.03. The second-order valence-electron chi connectivity index (χ2n) is 4.41. The molecule has 0 aliphatic rings. The fourth-order valence-corrected chi connectivity index (χ4v) is 2.00. The molecule has 94 valence electrons. The number of hydrogen-bond donors (Lipinski definition) is 2. The largest absolute Gasteiger partial charge is 0.324 e. The van der Waals surface area contributed by atoms with Gasteiger partial charge in [0.25, 0.3) is 0 Å². The predicted octanol–water partition coefficient (Wildman–Crippen LogP) is 2.91. The molecule has 1 amide bonds. The number of nitrogens with two attached hydrogens (primary N) is 1. The van der Waals surface area contributed by atoms with Crippen LogP contribution in [0.2, 0.25) is 0 Å². The van der Waals surface area contributed by atoms with E-state index in [4.69, 9.17) is 5.73 Å². The number of amides is 1. The fourth-order valence-electron chi connectivity index (χ4n) is 2.00. The molecule has 3 nitrogen and oxygen atoms in total. The first-order valence-electron chi connectivity index (χ1n) is 6.26. The van der Waals surface area contributed by atoms with Gasteiger partial charge in [-0.1, -0.05) is 49.7 Å². The van der Waals surface area contributed by atoms with Crippen LogP contribution in [-0.2, 0) is 4.79 Å². The quantitative estimate of drug-likeness (QED) is 0.866. The number of nitrogens with one attached hydrogen (secondary N) is 1. The number of hydrogen-bond acceptors (Lipinski definition) is 2. The van der Waals surface area contributed by atoms with E-state index in [9.17, 15) is 4.79 Å². The molecule has 0 aliphatic carbocycles. The molecule has 0 bridgehead atoms. The summed E-state index contributed by atoms with van der Waals surface area (Å²) in [6.07, 6.45) is 1.61. The SMILES string of the molecule is CCCC(N)C(=O)Nc1cccc2ccccc12. The summed E-state index contributed by atoms with van der Waals surface area (Å²) in [5.74, 6) is -0.117. The maximum atomic E-state index is 11.9. The third-order valence-electron chi connectivity index (χ3n) is 2.98. The second-order valence-corrected chi connectivity index (χ2v) is 4.41. The molecule has 3 heteroatoms. The van der Waals surface area contributed by atoms with Gasteiger partial charge in [0.05, 0.1) is 6.04 Å². The van der Waals surface area contributed by atoms with E-state index in [1.165, 1.54) is 0 Å². The Morgan fingerprint density at radius 2 is 1.94 bits per heavy atom. The zero-order chi connectivity index (χ0) is 13.0. The average Bonchev–Trinajstić information content (AvgIpc) is 2.39. The zero-order valence-corrected chi connectivity index (χ0v) is 10.5. The molecule has 0 radical (unpaired) electrons. The van der Waals surface area contributed by atoms with Gasteiger partial charge in [0.1, 0.15) is 0 Å². The van der Waals surface area contributed by atoms with Crippen molar-refractivity contribution in [2.24, 2.45) is 5.73 Å². The van der Waals surface area contributed by atoms with Crippen LogP contribution in [0.1, 0.15) is 19.8 Å². The van der Waals surface area contributed by atoms with Crippen LogP contribution in [0, 0.1) is 0 Å². The number of anilines is 1. The van der Waals surface area contributed by atoms with Gasteiger partial charge < -0.3 is 11.1 Å². The molecule has 0 fully saturated rings. The summed E-state index contributed by atoms with van der Waals surface area (Å²) in [5.41, 5.74) is 6.63. The molecule has 0 spiro atoms. The average molecular weight is 242 g/mol. The Hall–Kier alpha value is -1.87. The van der Waals surface area contributed by atoms with Crippen molar-refractivity contribution in [3.05, 3.63) is 42.5 Å². The minimum atomic E-state index is -0.436. The van der Waals surface area contributed by atoms with Gasteiger partial charge in [-0.3, -0.25) is 4.79 Å². The zero-order valence-electron chi connectivity index (χ0n) is 10.5. The van der Waals surface area contributed by atoms with Crippen molar-refractivity contribution in [2.45, 2.75) is 25.8 Å². The Morgan fingerprint density at radius 3 is 2.72 bits per heavy atom. The summed E-state index contributed by atoms with van der Waals surface area (Å²) in [7, 11) is 0. The van der Waals surface area contributed by atoms with E-state index in [1.54, 1.807) is 0 Å².